The van der Waals surface area contributed by atoms with Crippen molar-refractivity contribution in [1.29, 1.82) is 0 Å². The molecule has 0 spiro atoms. The Bertz CT molecular complexity index is 762. The van der Waals surface area contributed by atoms with Gasteiger partial charge in [-0.25, -0.2) is 0 Å². The van der Waals surface area contributed by atoms with Crippen LogP contribution in [0.25, 0.3) is 0 Å². The van der Waals surface area contributed by atoms with Gasteiger partial charge in [0.25, 0.3) is 0 Å². The molecule has 1 aliphatic heterocycles. The van der Waals surface area contributed by atoms with Gasteiger partial charge in [0.15, 0.2) is 0 Å². The smallest absolute Gasteiger partial charge is 0.224 e. The number of piperidine rings is 1. The van der Waals surface area contributed by atoms with Crippen LogP contribution in [-0.4, -0.2) is 37.0 Å². The predicted molar refractivity (Wildman–Crippen MR) is 109 cm³/mol. The van der Waals surface area contributed by atoms with Gasteiger partial charge in [0.2, 0.25) is 5.91 Å². The van der Waals surface area contributed by atoms with E-state index in [9.17, 15) is 4.79 Å². The number of hydrogen-bond acceptors (Lipinski definition) is 3. The molecule has 1 fully saturated rings. The van der Waals surface area contributed by atoms with Crippen molar-refractivity contribution in [1.82, 2.24) is 10.2 Å². The Hall–Kier alpha value is -2.33. The minimum atomic E-state index is 0.0462. The number of amides is 1. The van der Waals surface area contributed by atoms with Crippen LogP contribution in [0.15, 0.2) is 42.5 Å². The fraction of sp³-hybridized carbons (Fsp3) is 0.435. The summed E-state index contributed by atoms with van der Waals surface area (Å²) in [7, 11) is 2.15. The fourth-order valence-corrected chi connectivity index (χ4v) is 3.34. The van der Waals surface area contributed by atoms with Gasteiger partial charge in [-0.05, 0) is 68.1 Å². The molecule has 0 atom stereocenters. The van der Waals surface area contributed by atoms with Crippen molar-refractivity contribution >= 4 is 5.91 Å². The molecule has 0 bridgehead atoms. The molecule has 144 valence electrons. The molecule has 0 saturated carbocycles. The van der Waals surface area contributed by atoms with Gasteiger partial charge in [-0.15, -0.1) is 0 Å². The first kappa shape index (κ1) is 19.4. The molecule has 0 unspecified atom stereocenters. The molecule has 2 aromatic rings. The second kappa shape index (κ2) is 9.05. The average molecular weight is 367 g/mol. The summed E-state index contributed by atoms with van der Waals surface area (Å²) < 4.78 is 6.07. The van der Waals surface area contributed by atoms with E-state index in [1.807, 2.05) is 30.3 Å². The summed E-state index contributed by atoms with van der Waals surface area (Å²) in [5.74, 6) is 0.958. The number of rotatable bonds is 6. The van der Waals surface area contributed by atoms with E-state index >= 15 is 0 Å². The fourth-order valence-electron chi connectivity index (χ4n) is 3.34. The maximum absolute atomic E-state index is 12.2. The molecule has 3 rings (SSSR count). The molecular weight excluding hydrogens is 336 g/mol. The van der Waals surface area contributed by atoms with Crippen molar-refractivity contribution in [2.45, 2.75) is 45.8 Å². The Balaban J connectivity index is 1.45. The van der Waals surface area contributed by atoms with Crippen molar-refractivity contribution in [3.05, 3.63) is 64.7 Å². The maximum atomic E-state index is 12.2. The number of hydrogen-bond donors (Lipinski definition) is 1. The van der Waals surface area contributed by atoms with Crippen molar-refractivity contribution in [2.75, 3.05) is 20.1 Å². The number of likely N-dealkylation sites (tertiary alicyclic amines) is 1. The van der Waals surface area contributed by atoms with Crippen molar-refractivity contribution in [3.8, 4) is 5.75 Å². The molecule has 4 nitrogen and oxygen atoms in total. The van der Waals surface area contributed by atoms with Crippen molar-refractivity contribution in [3.63, 3.8) is 0 Å². The summed E-state index contributed by atoms with van der Waals surface area (Å²) in [5, 5.41) is 3.00. The molecule has 1 aliphatic rings. The number of aryl methyl sites for hydroxylation is 2. The standard InChI is InChI=1S/C23H30N2O2/c1-17-4-5-20(14-18(17)2)15-23(26)24-16-19-6-8-21(9-7-19)27-22-10-12-25(3)13-11-22/h4-9,14,22H,10-13,15-16H2,1-3H3,(H,24,26). The molecule has 1 heterocycles. The lowest BCUT2D eigenvalue weighted by atomic mass is 10.0. The summed E-state index contributed by atoms with van der Waals surface area (Å²) in [6, 6.07) is 14.2. The van der Waals surface area contributed by atoms with Gasteiger partial charge < -0.3 is 15.0 Å². The van der Waals surface area contributed by atoms with Crippen LogP contribution in [0.4, 0.5) is 0 Å². The maximum Gasteiger partial charge on any atom is 0.224 e. The van der Waals surface area contributed by atoms with Crippen LogP contribution < -0.4 is 10.1 Å². The largest absolute Gasteiger partial charge is 0.490 e. The SMILES string of the molecule is Cc1ccc(CC(=O)NCc2ccc(OC3CCN(C)CC3)cc2)cc1C. The minimum absolute atomic E-state index is 0.0462. The summed E-state index contributed by atoms with van der Waals surface area (Å²) in [5.41, 5.74) is 4.61. The van der Waals surface area contributed by atoms with E-state index in [0.717, 1.165) is 42.8 Å². The van der Waals surface area contributed by atoms with E-state index < -0.39 is 0 Å². The van der Waals surface area contributed by atoms with Gasteiger partial charge >= 0.3 is 0 Å². The second-order valence-corrected chi connectivity index (χ2v) is 7.64. The van der Waals surface area contributed by atoms with E-state index in [4.69, 9.17) is 4.74 Å². The number of nitrogens with zero attached hydrogens (tertiary/aromatic N) is 1. The van der Waals surface area contributed by atoms with Crippen LogP contribution in [0, 0.1) is 13.8 Å². The molecule has 1 saturated heterocycles. The molecule has 2 aromatic carbocycles. The summed E-state index contributed by atoms with van der Waals surface area (Å²) >= 11 is 0. The first-order valence-electron chi connectivity index (χ1n) is 9.76. The average Bonchev–Trinajstić information content (AvgIpc) is 2.66. The van der Waals surface area contributed by atoms with Gasteiger partial charge in [-0.3, -0.25) is 4.79 Å². The van der Waals surface area contributed by atoms with Crippen molar-refractivity contribution in [2.24, 2.45) is 0 Å². The van der Waals surface area contributed by atoms with Gasteiger partial charge in [0.05, 0.1) is 6.42 Å². The third-order valence-corrected chi connectivity index (χ3v) is 5.32. The topological polar surface area (TPSA) is 41.6 Å². The lowest BCUT2D eigenvalue weighted by Crippen LogP contribution is -2.35. The predicted octanol–water partition coefficient (Wildman–Crippen LogP) is 3.64. The summed E-state index contributed by atoms with van der Waals surface area (Å²) in [4.78, 5) is 14.5. The van der Waals surface area contributed by atoms with Crippen LogP contribution in [-0.2, 0) is 17.8 Å². The van der Waals surface area contributed by atoms with E-state index in [0.29, 0.717) is 19.1 Å². The Labute approximate surface area is 162 Å². The number of carbonyl (C=O) groups is 1. The van der Waals surface area contributed by atoms with E-state index in [2.05, 4.69) is 43.2 Å². The monoisotopic (exact) mass is 366 g/mol. The summed E-state index contributed by atoms with van der Waals surface area (Å²) in [6.45, 7) is 6.88. The molecule has 0 aliphatic carbocycles. The number of benzene rings is 2. The molecule has 0 radical (unpaired) electrons. The highest BCUT2D eigenvalue weighted by atomic mass is 16.5. The summed E-state index contributed by atoms with van der Waals surface area (Å²) in [6.07, 6.45) is 2.88. The zero-order valence-corrected chi connectivity index (χ0v) is 16.6. The third kappa shape index (κ3) is 5.83. The minimum Gasteiger partial charge on any atom is -0.490 e. The van der Waals surface area contributed by atoms with Crippen LogP contribution in [0.5, 0.6) is 5.75 Å². The Morgan fingerprint density at radius 1 is 1.04 bits per heavy atom. The Morgan fingerprint density at radius 3 is 2.37 bits per heavy atom. The van der Waals surface area contributed by atoms with Crippen molar-refractivity contribution < 1.29 is 9.53 Å². The van der Waals surface area contributed by atoms with Gasteiger partial charge in [0, 0.05) is 19.6 Å². The molecule has 4 heteroatoms. The lowest BCUT2D eigenvalue weighted by molar-refractivity contribution is -0.120. The third-order valence-electron chi connectivity index (χ3n) is 5.32. The van der Waals surface area contributed by atoms with Crippen LogP contribution in [0.1, 0.15) is 35.1 Å². The van der Waals surface area contributed by atoms with E-state index in [1.54, 1.807) is 0 Å². The first-order valence-corrected chi connectivity index (χ1v) is 9.76. The zero-order chi connectivity index (χ0) is 19.2. The second-order valence-electron chi connectivity index (χ2n) is 7.64. The number of carbonyl (C=O) groups excluding carboxylic acids is 1. The highest BCUT2D eigenvalue weighted by molar-refractivity contribution is 5.78. The van der Waals surface area contributed by atoms with Crippen LogP contribution >= 0.6 is 0 Å². The first-order chi connectivity index (χ1) is 13.0. The highest BCUT2D eigenvalue weighted by Crippen LogP contribution is 2.19. The Morgan fingerprint density at radius 2 is 1.70 bits per heavy atom. The van der Waals surface area contributed by atoms with Crippen LogP contribution in [0.3, 0.4) is 0 Å². The molecule has 1 N–H and O–H groups in total. The van der Waals surface area contributed by atoms with Gasteiger partial charge in [-0.2, -0.15) is 0 Å². The normalized spacial score (nSPS) is 15.5. The quantitative estimate of drug-likeness (QED) is 0.849. The van der Waals surface area contributed by atoms with E-state index in [-0.39, 0.29) is 5.91 Å². The van der Waals surface area contributed by atoms with Gasteiger partial charge in [-0.1, -0.05) is 30.3 Å². The van der Waals surface area contributed by atoms with Crippen LogP contribution in [0.2, 0.25) is 0 Å². The highest BCUT2D eigenvalue weighted by Gasteiger charge is 2.17. The molecule has 27 heavy (non-hydrogen) atoms. The Kier molecular flexibility index (Phi) is 6.51. The zero-order valence-electron chi connectivity index (χ0n) is 16.6. The molecular formula is C23H30N2O2. The van der Waals surface area contributed by atoms with Gasteiger partial charge in [0.1, 0.15) is 11.9 Å². The lowest BCUT2D eigenvalue weighted by Gasteiger charge is -2.29. The number of ether oxygens (including phenoxy) is 1. The molecule has 0 aromatic heterocycles. The van der Waals surface area contributed by atoms with E-state index in [1.165, 1.54) is 11.1 Å². The number of nitrogens with one attached hydrogen (secondary N) is 1. The molecule has 1 amide bonds.